The van der Waals surface area contributed by atoms with E-state index in [-0.39, 0.29) is 11.6 Å². The first-order valence-electron chi connectivity index (χ1n) is 6.03. The van der Waals surface area contributed by atoms with Crippen molar-refractivity contribution >= 4 is 11.6 Å². The van der Waals surface area contributed by atoms with Gasteiger partial charge in [-0.15, -0.1) is 0 Å². The number of hydrogen-bond acceptors (Lipinski definition) is 2. The monoisotopic (exact) mass is 274 g/mol. The Morgan fingerprint density at radius 2 is 2.00 bits per heavy atom. The molecular formula is C13H17F3N2O. The molecule has 19 heavy (non-hydrogen) atoms. The molecule has 1 aromatic rings. The van der Waals surface area contributed by atoms with E-state index >= 15 is 0 Å². The Labute approximate surface area is 110 Å². The van der Waals surface area contributed by atoms with Gasteiger partial charge in [-0.3, -0.25) is 4.79 Å². The van der Waals surface area contributed by atoms with Gasteiger partial charge in [0.25, 0.3) is 0 Å². The molecule has 0 aliphatic carbocycles. The zero-order valence-corrected chi connectivity index (χ0v) is 10.6. The van der Waals surface area contributed by atoms with Crippen molar-refractivity contribution < 1.29 is 18.0 Å². The fraction of sp³-hybridized carbons (Fsp3) is 0.462. The van der Waals surface area contributed by atoms with Gasteiger partial charge >= 0.3 is 6.18 Å². The topological polar surface area (TPSA) is 55.1 Å². The quantitative estimate of drug-likeness (QED) is 0.867. The molecule has 0 fully saturated rings. The Morgan fingerprint density at radius 1 is 1.37 bits per heavy atom. The van der Waals surface area contributed by atoms with Crippen molar-refractivity contribution in [2.45, 2.75) is 25.9 Å². The first kappa shape index (κ1) is 15.5. The summed E-state index contributed by atoms with van der Waals surface area (Å²) < 4.78 is 38.2. The molecule has 0 saturated carbocycles. The zero-order valence-electron chi connectivity index (χ0n) is 10.6. The van der Waals surface area contributed by atoms with E-state index in [0.717, 1.165) is 6.07 Å². The Kier molecular flexibility index (Phi) is 5.35. The number of amides is 1. The summed E-state index contributed by atoms with van der Waals surface area (Å²) in [5, 5.41) is 2.33. The van der Waals surface area contributed by atoms with Gasteiger partial charge in [0, 0.05) is 5.92 Å². The van der Waals surface area contributed by atoms with Crippen molar-refractivity contribution in [3.8, 4) is 0 Å². The summed E-state index contributed by atoms with van der Waals surface area (Å²) in [5.41, 5.74) is 4.28. The summed E-state index contributed by atoms with van der Waals surface area (Å²) in [7, 11) is 0. The highest BCUT2D eigenvalue weighted by Crippen LogP contribution is 2.34. The van der Waals surface area contributed by atoms with Crippen molar-refractivity contribution in [1.29, 1.82) is 0 Å². The van der Waals surface area contributed by atoms with E-state index in [2.05, 4.69) is 5.32 Å². The van der Waals surface area contributed by atoms with E-state index in [4.69, 9.17) is 5.73 Å². The molecule has 1 atom stereocenters. The number of nitrogens with one attached hydrogen (secondary N) is 1. The van der Waals surface area contributed by atoms with Crippen LogP contribution in [0.5, 0.6) is 0 Å². The van der Waals surface area contributed by atoms with Gasteiger partial charge in [0.15, 0.2) is 0 Å². The summed E-state index contributed by atoms with van der Waals surface area (Å²) in [5.74, 6) is -0.796. The minimum atomic E-state index is -4.48. The first-order chi connectivity index (χ1) is 8.86. The lowest BCUT2D eigenvalue weighted by atomic mass is 10.0. The average Bonchev–Trinajstić information content (AvgIpc) is 2.35. The molecule has 0 radical (unpaired) electrons. The van der Waals surface area contributed by atoms with Crippen LogP contribution in [-0.4, -0.2) is 12.5 Å². The molecule has 1 aromatic carbocycles. The maximum atomic E-state index is 12.7. The van der Waals surface area contributed by atoms with Gasteiger partial charge in [-0.25, -0.2) is 0 Å². The second kappa shape index (κ2) is 6.56. The van der Waals surface area contributed by atoms with E-state index in [0.29, 0.717) is 19.4 Å². The molecule has 1 unspecified atom stereocenters. The fourth-order valence-electron chi connectivity index (χ4n) is 1.65. The molecule has 106 valence electrons. The minimum absolute atomic E-state index is 0.209. The molecule has 6 heteroatoms. The molecule has 0 spiro atoms. The standard InChI is InChI=1S/C13H17F3N2O/c1-9(5-4-8-17)12(19)18-11-7-3-2-6-10(11)13(14,15)16/h2-3,6-7,9H,4-5,8,17H2,1H3,(H,18,19). The smallest absolute Gasteiger partial charge is 0.330 e. The van der Waals surface area contributed by atoms with Crippen LogP contribution in [0.15, 0.2) is 24.3 Å². The summed E-state index contributed by atoms with van der Waals surface area (Å²) >= 11 is 0. The molecule has 0 saturated heterocycles. The van der Waals surface area contributed by atoms with Crippen LogP contribution in [0.25, 0.3) is 0 Å². The van der Waals surface area contributed by atoms with E-state index in [9.17, 15) is 18.0 Å². The molecular weight excluding hydrogens is 257 g/mol. The predicted octanol–water partition coefficient (Wildman–Crippen LogP) is 3.02. The third-order valence-electron chi connectivity index (χ3n) is 2.78. The molecule has 0 aliphatic rings. The van der Waals surface area contributed by atoms with Gasteiger partial charge in [-0.2, -0.15) is 13.2 Å². The van der Waals surface area contributed by atoms with E-state index < -0.39 is 17.6 Å². The fourth-order valence-corrected chi connectivity index (χ4v) is 1.65. The largest absolute Gasteiger partial charge is 0.418 e. The third-order valence-corrected chi connectivity index (χ3v) is 2.78. The summed E-state index contributed by atoms with van der Waals surface area (Å²) in [6, 6.07) is 4.93. The van der Waals surface area contributed by atoms with Gasteiger partial charge in [-0.05, 0) is 31.5 Å². The maximum Gasteiger partial charge on any atom is 0.418 e. The number of carbonyl (C=O) groups is 1. The van der Waals surface area contributed by atoms with Crippen LogP contribution in [0.1, 0.15) is 25.3 Å². The van der Waals surface area contributed by atoms with Gasteiger partial charge in [0.05, 0.1) is 11.3 Å². The molecule has 3 N–H and O–H groups in total. The first-order valence-corrected chi connectivity index (χ1v) is 6.03. The molecule has 0 aliphatic heterocycles. The summed E-state index contributed by atoms with van der Waals surface area (Å²) in [6.07, 6.45) is -3.27. The lowest BCUT2D eigenvalue weighted by Crippen LogP contribution is -2.23. The predicted molar refractivity (Wildman–Crippen MR) is 67.5 cm³/mol. The van der Waals surface area contributed by atoms with Crippen molar-refractivity contribution in [2.24, 2.45) is 11.7 Å². The lowest BCUT2D eigenvalue weighted by Gasteiger charge is -2.16. The number of halogens is 3. The SMILES string of the molecule is CC(CCCN)C(=O)Nc1ccccc1C(F)(F)F. The minimum Gasteiger partial charge on any atom is -0.330 e. The van der Waals surface area contributed by atoms with Gasteiger partial charge < -0.3 is 11.1 Å². The van der Waals surface area contributed by atoms with Gasteiger partial charge in [0.2, 0.25) is 5.91 Å². The number of anilines is 1. The van der Waals surface area contributed by atoms with Crippen molar-refractivity contribution in [1.82, 2.24) is 0 Å². The molecule has 3 nitrogen and oxygen atoms in total. The number of benzene rings is 1. The molecule has 0 aromatic heterocycles. The number of carbonyl (C=O) groups excluding carboxylic acids is 1. The van der Waals surface area contributed by atoms with Crippen LogP contribution >= 0.6 is 0 Å². The van der Waals surface area contributed by atoms with Gasteiger partial charge in [0.1, 0.15) is 0 Å². The normalized spacial score (nSPS) is 13.1. The van der Waals surface area contributed by atoms with E-state index in [1.807, 2.05) is 0 Å². The average molecular weight is 274 g/mol. The Balaban J connectivity index is 2.80. The maximum absolute atomic E-state index is 12.7. The second-order valence-corrected chi connectivity index (χ2v) is 4.36. The lowest BCUT2D eigenvalue weighted by molar-refractivity contribution is -0.137. The van der Waals surface area contributed by atoms with Crippen LogP contribution in [0, 0.1) is 5.92 Å². The zero-order chi connectivity index (χ0) is 14.5. The number of hydrogen-bond donors (Lipinski definition) is 2. The van der Waals surface area contributed by atoms with Crippen LogP contribution in [0.4, 0.5) is 18.9 Å². The summed E-state index contributed by atoms with van der Waals surface area (Å²) in [4.78, 5) is 11.8. The van der Waals surface area contributed by atoms with Crippen LogP contribution < -0.4 is 11.1 Å². The highest BCUT2D eigenvalue weighted by Gasteiger charge is 2.33. The highest BCUT2D eigenvalue weighted by atomic mass is 19.4. The number of rotatable bonds is 5. The Hall–Kier alpha value is -1.56. The molecule has 0 bridgehead atoms. The van der Waals surface area contributed by atoms with Crippen LogP contribution in [0.3, 0.4) is 0 Å². The third kappa shape index (κ3) is 4.55. The van der Waals surface area contributed by atoms with Crippen LogP contribution in [0.2, 0.25) is 0 Å². The molecule has 0 heterocycles. The van der Waals surface area contributed by atoms with Crippen LogP contribution in [-0.2, 0) is 11.0 Å². The number of alkyl halides is 3. The Bertz CT molecular complexity index is 432. The van der Waals surface area contributed by atoms with Crippen molar-refractivity contribution in [2.75, 3.05) is 11.9 Å². The van der Waals surface area contributed by atoms with Gasteiger partial charge in [-0.1, -0.05) is 19.1 Å². The van der Waals surface area contributed by atoms with Crippen molar-refractivity contribution in [3.05, 3.63) is 29.8 Å². The highest BCUT2D eigenvalue weighted by molar-refractivity contribution is 5.93. The molecule has 1 rings (SSSR count). The summed E-state index contributed by atoms with van der Waals surface area (Å²) in [6.45, 7) is 2.12. The second-order valence-electron chi connectivity index (χ2n) is 4.36. The van der Waals surface area contributed by atoms with Crippen molar-refractivity contribution in [3.63, 3.8) is 0 Å². The number of para-hydroxylation sites is 1. The Morgan fingerprint density at radius 3 is 2.58 bits per heavy atom. The molecule has 1 amide bonds. The number of nitrogens with two attached hydrogens (primary N) is 1. The van der Waals surface area contributed by atoms with E-state index in [1.165, 1.54) is 18.2 Å². The van der Waals surface area contributed by atoms with E-state index in [1.54, 1.807) is 6.92 Å².